The van der Waals surface area contributed by atoms with Gasteiger partial charge in [-0.2, -0.15) is 0 Å². The van der Waals surface area contributed by atoms with Crippen LogP contribution in [-0.4, -0.2) is 37.2 Å². The second-order valence-corrected chi connectivity index (χ2v) is 6.69. The fourth-order valence-electron chi connectivity index (χ4n) is 2.98. The standard InChI is InChI=1S/C17H27BrN2O/c1-4-20(5-2)12-13(3)19-16-7-6-10-21-17-11-14(18)8-9-15(16)17/h8-9,11,13,16,19H,4-7,10,12H2,1-3H3. The summed E-state index contributed by atoms with van der Waals surface area (Å²) >= 11 is 3.53. The van der Waals surface area contributed by atoms with E-state index in [-0.39, 0.29) is 0 Å². The summed E-state index contributed by atoms with van der Waals surface area (Å²) in [7, 11) is 0. The molecule has 4 heteroatoms. The zero-order valence-corrected chi connectivity index (χ0v) is 14.9. The summed E-state index contributed by atoms with van der Waals surface area (Å²) in [6, 6.07) is 7.25. The maximum Gasteiger partial charge on any atom is 0.125 e. The Kier molecular flexibility index (Phi) is 6.52. The maximum atomic E-state index is 5.88. The van der Waals surface area contributed by atoms with Crippen LogP contribution in [0.2, 0.25) is 0 Å². The number of hydrogen-bond donors (Lipinski definition) is 1. The smallest absolute Gasteiger partial charge is 0.125 e. The van der Waals surface area contributed by atoms with Gasteiger partial charge >= 0.3 is 0 Å². The van der Waals surface area contributed by atoms with E-state index >= 15 is 0 Å². The van der Waals surface area contributed by atoms with Crippen LogP contribution in [0.25, 0.3) is 0 Å². The Balaban J connectivity index is 2.06. The molecule has 118 valence electrons. The molecule has 0 saturated carbocycles. The third-order valence-electron chi connectivity index (χ3n) is 4.16. The lowest BCUT2D eigenvalue weighted by atomic mass is 10.0. The van der Waals surface area contributed by atoms with Gasteiger partial charge in [-0.15, -0.1) is 0 Å². The molecule has 0 aliphatic carbocycles. The Labute approximate surface area is 137 Å². The molecule has 2 unspecified atom stereocenters. The van der Waals surface area contributed by atoms with Crippen molar-refractivity contribution in [1.82, 2.24) is 10.2 Å². The van der Waals surface area contributed by atoms with Gasteiger partial charge in [0.05, 0.1) is 6.61 Å². The van der Waals surface area contributed by atoms with E-state index in [1.54, 1.807) is 0 Å². The van der Waals surface area contributed by atoms with Crippen molar-refractivity contribution in [3.8, 4) is 5.75 Å². The topological polar surface area (TPSA) is 24.5 Å². The lowest BCUT2D eigenvalue weighted by Gasteiger charge is -2.27. The van der Waals surface area contributed by atoms with Crippen LogP contribution < -0.4 is 10.1 Å². The Morgan fingerprint density at radius 3 is 2.86 bits per heavy atom. The third kappa shape index (κ3) is 4.70. The predicted octanol–water partition coefficient (Wildman–Crippen LogP) is 3.98. The molecule has 0 fully saturated rings. The van der Waals surface area contributed by atoms with Crippen LogP contribution in [0.15, 0.2) is 22.7 Å². The predicted molar refractivity (Wildman–Crippen MR) is 92.0 cm³/mol. The average molecular weight is 355 g/mol. The normalized spacial score (nSPS) is 19.8. The van der Waals surface area contributed by atoms with E-state index in [0.29, 0.717) is 12.1 Å². The molecular weight excluding hydrogens is 328 g/mol. The van der Waals surface area contributed by atoms with Crippen molar-refractivity contribution < 1.29 is 4.74 Å². The van der Waals surface area contributed by atoms with Crippen LogP contribution in [0, 0.1) is 0 Å². The van der Waals surface area contributed by atoms with Crippen molar-refractivity contribution in [3.63, 3.8) is 0 Å². The van der Waals surface area contributed by atoms with Gasteiger partial charge in [-0.05, 0) is 45.0 Å². The SMILES string of the molecule is CCN(CC)CC(C)NC1CCCOc2cc(Br)ccc21. The van der Waals surface area contributed by atoms with E-state index in [2.05, 4.69) is 65.1 Å². The molecule has 0 radical (unpaired) electrons. The van der Waals surface area contributed by atoms with Crippen molar-refractivity contribution in [2.45, 2.75) is 45.7 Å². The van der Waals surface area contributed by atoms with Crippen molar-refractivity contribution >= 4 is 15.9 Å². The first-order chi connectivity index (χ1) is 10.1. The van der Waals surface area contributed by atoms with Crippen molar-refractivity contribution in [2.75, 3.05) is 26.2 Å². The zero-order valence-electron chi connectivity index (χ0n) is 13.4. The van der Waals surface area contributed by atoms with Gasteiger partial charge in [0.2, 0.25) is 0 Å². The molecule has 1 aromatic carbocycles. The molecule has 3 nitrogen and oxygen atoms in total. The Morgan fingerprint density at radius 2 is 2.14 bits per heavy atom. The second kappa shape index (κ2) is 8.16. The van der Waals surface area contributed by atoms with E-state index < -0.39 is 0 Å². The highest BCUT2D eigenvalue weighted by Gasteiger charge is 2.21. The van der Waals surface area contributed by atoms with Gasteiger partial charge in [0.25, 0.3) is 0 Å². The number of nitrogens with zero attached hydrogens (tertiary/aromatic N) is 1. The Bertz CT molecular complexity index is 448. The highest BCUT2D eigenvalue weighted by Crippen LogP contribution is 2.33. The molecule has 21 heavy (non-hydrogen) atoms. The monoisotopic (exact) mass is 354 g/mol. The van der Waals surface area contributed by atoms with Crippen molar-refractivity contribution in [1.29, 1.82) is 0 Å². The first-order valence-electron chi connectivity index (χ1n) is 8.04. The minimum absolute atomic E-state index is 0.390. The molecule has 0 bridgehead atoms. The summed E-state index contributed by atoms with van der Waals surface area (Å²) in [5.74, 6) is 1.02. The molecule has 0 saturated heterocycles. The molecule has 0 spiro atoms. The fourth-order valence-corrected chi connectivity index (χ4v) is 3.32. The number of rotatable bonds is 6. The van der Waals surface area contributed by atoms with Gasteiger partial charge in [-0.3, -0.25) is 0 Å². The van der Waals surface area contributed by atoms with Crippen molar-refractivity contribution in [3.05, 3.63) is 28.2 Å². The quantitative estimate of drug-likeness (QED) is 0.835. The zero-order chi connectivity index (χ0) is 15.2. The lowest BCUT2D eigenvalue weighted by Crippen LogP contribution is -2.40. The molecule has 1 aromatic rings. The van der Waals surface area contributed by atoms with Crippen LogP contribution in [0.1, 0.15) is 45.2 Å². The minimum Gasteiger partial charge on any atom is -0.493 e. The summed E-state index contributed by atoms with van der Waals surface area (Å²) in [4.78, 5) is 2.47. The summed E-state index contributed by atoms with van der Waals surface area (Å²) < 4.78 is 6.97. The van der Waals surface area contributed by atoms with Crippen LogP contribution in [0.5, 0.6) is 5.75 Å². The highest BCUT2D eigenvalue weighted by atomic mass is 79.9. The van der Waals surface area contributed by atoms with Crippen LogP contribution >= 0.6 is 15.9 Å². The summed E-state index contributed by atoms with van der Waals surface area (Å²) in [6.45, 7) is 10.9. The molecule has 1 aliphatic rings. The second-order valence-electron chi connectivity index (χ2n) is 5.78. The summed E-state index contributed by atoms with van der Waals surface area (Å²) in [5.41, 5.74) is 1.29. The van der Waals surface area contributed by atoms with E-state index in [4.69, 9.17) is 4.74 Å². The number of halogens is 1. The Morgan fingerprint density at radius 1 is 1.38 bits per heavy atom. The minimum atomic E-state index is 0.390. The van der Waals surface area contributed by atoms with Crippen molar-refractivity contribution in [2.24, 2.45) is 0 Å². The summed E-state index contributed by atoms with van der Waals surface area (Å²) in [5, 5.41) is 3.80. The molecule has 2 atom stereocenters. The van der Waals surface area contributed by atoms with E-state index in [1.807, 2.05) is 0 Å². The molecule has 0 aromatic heterocycles. The summed E-state index contributed by atoms with van der Waals surface area (Å²) in [6.07, 6.45) is 2.24. The number of ether oxygens (including phenoxy) is 1. The lowest BCUT2D eigenvalue weighted by molar-refractivity contribution is 0.259. The van der Waals surface area contributed by atoms with E-state index in [0.717, 1.165) is 49.3 Å². The molecule has 1 N–H and O–H groups in total. The van der Waals surface area contributed by atoms with Crippen LogP contribution in [-0.2, 0) is 0 Å². The molecule has 1 aliphatic heterocycles. The number of nitrogens with one attached hydrogen (secondary N) is 1. The number of hydrogen-bond acceptors (Lipinski definition) is 3. The largest absolute Gasteiger partial charge is 0.493 e. The third-order valence-corrected chi connectivity index (χ3v) is 4.65. The fraction of sp³-hybridized carbons (Fsp3) is 0.647. The first-order valence-corrected chi connectivity index (χ1v) is 8.84. The van der Waals surface area contributed by atoms with Crippen LogP contribution in [0.3, 0.4) is 0 Å². The average Bonchev–Trinajstić information content (AvgIpc) is 2.66. The van der Waals surface area contributed by atoms with Gasteiger partial charge in [-0.1, -0.05) is 35.8 Å². The van der Waals surface area contributed by atoms with Gasteiger partial charge in [-0.25, -0.2) is 0 Å². The first kappa shape index (κ1) is 16.8. The van der Waals surface area contributed by atoms with Gasteiger partial charge in [0.15, 0.2) is 0 Å². The molecular formula is C17H27BrN2O. The van der Waals surface area contributed by atoms with Gasteiger partial charge in [0, 0.05) is 28.7 Å². The number of fused-ring (bicyclic) bond motifs is 1. The van der Waals surface area contributed by atoms with E-state index in [9.17, 15) is 0 Å². The molecule has 2 rings (SSSR count). The molecule has 1 heterocycles. The molecule has 0 amide bonds. The van der Waals surface area contributed by atoms with Gasteiger partial charge in [0.1, 0.15) is 5.75 Å². The van der Waals surface area contributed by atoms with E-state index in [1.165, 1.54) is 5.56 Å². The Hall–Kier alpha value is -0.580. The highest BCUT2D eigenvalue weighted by molar-refractivity contribution is 9.10. The van der Waals surface area contributed by atoms with Gasteiger partial charge < -0.3 is 15.0 Å². The number of likely N-dealkylation sites (N-methyl/N-ethyl adjacent to an activating group) is 1. The van der Waals surface area contributed by atoms with Crippen LogP contribution in [0.4, 0.5) is 0 Å². The maximum absolute atomic E-state index is 5.88. The number of benzene rings is 1.